The highest BCUT2D eigenvalue weighted by Gasteiger charge is 2.32. The van der Waals surface area contributed by atoms with Crippen LogP contribution in [-0.4, -0.2) is 223 Å². The molecular weight excluding hydrogens is 1840 g/mol. The predicted octanol–water partition coefficient (Wildman–Crippen LogP) is 19.6. The van der Waals surface area contributed by atoms with E-state index in [1.807, 2.05) is 90.6 Å². The highest BCUT2D eigenvalue weighted by molar-refractivity contribution is 7.89. The minimum atomic E-state index is -3.58. The number of anilines is 1. The summed E-state index contributed by atoms with van der Waals surface area (Å²) >= 11 is 0. The van der Waals surface area contributed by atoms with Gasteiger partial charge in [-0.15, -0.1) is 0 Å². The lowest BCUT2D eigenvalue weighted by Crippen LogP contribution is -2.44. The number of nitrogens with one attached hydrogen (secondary N) is 3. The van der Waals surface area contributed by atoms with Gasteiger partial charge < -0.3 is 52.0 Å². The molecule has 0 bridgehead atoms. The predicted molar refractivity (Wildman–Crippen MR) is 576 cm³/mol. The van der Waals surface area contributed by atoms with Crippen LogP contribution in [0.1, 0.15) is 346 Å². The molecule has 5 fully saturated rings. The van der Waals surface area contributed by atoms with Gasteiger partial charge in [-0.25, -0.2) is 45.4 Å². The van der Waals surface area contributed by atoms with E-state index in [0.717, 1.165) is 118 Å². The molecule has 3 aromatic carbocycles. The average Bonchev–Trinajstić information content (AvgIpc) is 1.75. The maximum Gasteiger partial charge on any atom is 0.407 e. The number of nitrogens with zero attached hydrogens (tertiary/aromatic N) is 11. The number of carbonyl (C=O) groups is 5. The molecule has 0 saturated carbocycles. The standard InChI is InChI=1S/C16H26N2O4S.C11H19N3.C10H22N2O2S.C10H20N2O.C10H19NO.C10H13NO.C10H12O2.C9H19NO2S.C8H11N.C7H11N3.C7H11N/c1-12(2)13-6-8-14(9-7-13)23(20,21)18-11-10-17-15(19)22-16(3,4)5;1-9(2)10-7-13-14(8-10)11-3-5-12-6-4-11;1-9(2)10-5-7-12(8-6-10)15(13,14)11(3)4;1-8(2)9-3-5-12(6-4-9)10(13)7-11;1-8(2)10-4-6-11(7-5-10)9(3)12;2*1-7(2)8-3-5-9(6-4-8)10(11)12;1-8(2)9-4-6-10(7-5-9)13(3,11)12;1-7(2)8-5-3-4-6-9-8;1-5(2)6-3-9-7(8)10-4-6;1-7(2)8-5-3-4-6-8/h6-9,12,18H,10-11H2,1-5H3,(H,17,19);7-9,11-12H,3-6H2,1-2H3;9-10H,5-8H2,1-4H3;8-9H,3-7,11H2,1-2H3;8,10H,4-7H2,1-3H3;3-7H,1-2H3,(H2,11,12);3-7H,1-2H3,(H,11,12);8-9H,4-7H2,1-3H3;3-7H,1-2H3;3-5H,1-2H3,(H2,8,9,10);3-7H,1-2H3. The first kappa shape index (κ1) is 128. The first-order valence-corrected chi connectivity index (χ1v) is 55.6. The largest absolute Gasteiger partial charge is 0.478 e. The number of hydrogen-bond donors (Lipinski definition) is 7. The summed E-state index contributed by atoms with van der Waals surface area (Å²) in [5.74, 6) is 8.21. The number of sulfonamides is 2. The number of likely N-dealkylation sites (tertiary alicyclic amines) is 2. The number of carboxylic acid groups (broad SMARTS) is 1. The van der Waals surface area contributed by atoms with Crippen molar-refractivity contribution >= 4 is 66.0 Å². The Kier molecular flexibility index (Phi) is 59.3. The van der Waals surface area contributed by atoms with Crippen molar-refractivity contribution in [3.8, 4) is 0 Å². The van der Waals surface area contributed by atoms with Crippen LogP contribution in [0.4, 0.5) is 10.7 Å². The number of primary amides is 1. The van der Waals surface area contributed by atoms with Crippen molar-refractivity contribution in [2.24, 2.45) is 58.8 Å². The van der Waals surface area contributed by atoms with Gasteiger partial charge in [0, 0.05) is 141 Å². The van der Waals surface area contributed by atoms with Gasteiger partial charge in [0.15, 0.2) is 0 Å². The lowest BCUT2D eigenvalue weighted by atomic mass is 9.87. The minimum absolute atomic E-state index is 0.0908. The van der Waals surface area contributed by atoms with Gasteiger partial charge in [-0.05, 0) is 283 Å². The molecule has 0 spiro atoms. The molecule has 30 nitrogen and oxygen atoms in total. The van der Waals surface area contributed by atoms with E-state index in [1.165, 1.54) is 52.9 Å². The van der Waals surface area contributed by atoms with Crippen LogP contribution in [0, 0.1) is 47.3 Å². The van der Waals surface area contributed by atoms with E-state index in [9.17, 15) is 49.2 Å². The van der Waals surface area contributed by atoms with Crippen LogP contribution in [0.5, 0.6) is 0 Å². The zero-order valence-electron chi connectivity index (χ0n) is 91.1. The number of carboxylic acids is 1. The minimum Gasteiger partial charge on any atom is -0.478 e. The molecule has 5 aliphatic heterocycles. The summed E-state index contributed by atoms with van der Waals surface area (Å²) in [5, 5.41) is 18.9. The molecule has 141 heavy (non-hydrogen) atoms. The van der Waals surface area contributed by atoms with Gasteiger partial charge in [-0.1, -0.05) is 181 Å². The topological polar surface area (TPSA) is 409 Å². The van der Waals surface area contributed by atoms with E-state index in [-0.39, 0.29) is 42.3 Å². The van der Waals surface area contributed by atoms with E-state index in [1.54, 1.807) is 111 Å². The van der Waals surface area contributed by atoms with Gasteiger partial charge in [-0.3, -0.25) is 24.0 Å². The quantitative estimate of drug-likeness (QED) is 0.0292. The Morgan fingerprint density at radius 3 is 1.23 bits per heavy atom. The summed E-state index contributed by atoms with van der Waals surface area (Å²) in [7, 11) is -6.53. The van der Waals surface area contributed by atoms with Crippen LogP contribution < -0.4 is 32.6 Å². The van der Waals surface area contributed by atoms with Gasteiger partial charge in [0.1, 0.15) is 5.60 Å². The van der Waals surface area contributed by atoms with E-state index in [4.69, 9.17) is 27.0 Å². The fraction of sp³-hybridized carbons (Fsp3) is 0.639. The SMILES string of the molecule is CC(=O)N1CCC(C(C)C)CC1.CC(C)C1CCN(C(=O)CN)CC1.CC(C)C1CCN(S(=O)(=O)N(C)C)CC1.CC(C)C1CCN(S(C)(=O)=O)CC1.CC(C)c1ccc(C(=O)O)cc1.CC(C)c1ccc(C(N)=O)cc1.CC(C)c1ccc(S(=O)(=O)NCCNC(=O)OC(C)(C)C)cc1.CC(C)c1ccccn1.CC(C)c1cnc(N)nc1.CC(C)c1cnn(C2CCNCC2)c1.CC(C)n1cccc1. The zero-order chi connectivity index (χ0) is 107. The van der Waals surface area contributed by atoms with Gasteiger partial charge in [-0.2, -0.15) is 22.1 Å². The Balaban J connectivity index is 0.000000530. The number of rotatable bonds is 23. The van der Waals surface area contributed by atoms with Crippen LogP contribution in [-0.2, 0) is 44.6 Å². The number of nitrogens with two attached hydrogens (primary N) is 3. The molecule has 796 valence electrons. The van der Waals surface area contributed by atoms with Gasteiger partial charge in [0.25, 0.3) is 10.2 Å². The molecule has 7 aromatic rings. The number of aromatic nitrogens is 6. The first-order chi connectivity index (χ1) is 65.8. The molecular formula is C108H183N17O13S3. The second kappa shape index (κ2) is 65.3. The molecule has 33 heteroatoms. The molecule has 5 aliphatic rings. The molecule has 5 saturated heterocycles. The molecule has 4 amide bonds. The normalized spacial score (nSPS) is 15.5. The highest BCUT2D eigenvalue weighted by Crippen LogP contribution is 2.31. The van der Waals surface area contributed by atoms with Crippen LogP contribution in [0.25, 0.3) is 0 Å². The van der Waals surface area contributed by atoms with Gasteiger partial charge in [0.05, 0.1) is 35.5 Å². The smallest absolute Gasteiger partial charge is 0.407 e. The number of hydrogen-bond acceptors (Lipinski definition) is 19. The summed E-state index contributed by atoms with van der Waals surface area (Å²) in [5.41, 5.74) is 23.1. The zero-order valence-corrected chi connectivity index (χ0v) is 93.5. The number of benzene rings is 3. The third kappa shape index (κ3) is 51.3. The molecule has 9 heterocycles. The summed E-state index contributed by atoms with van der Waals surface area (Å²) in [4.78, 5) is 70.8. The van der Waals surface area contributed by atoms with Crippen LogP contribution in [0.15, 0.2) is 151 Å². The van der Waals surface area contributed by atoms with Crippen molar-refractivity contribution in [2.45, 2.75) is 302 Å². The second-order valence-corrected chi connectivity index (χ2v) is 47.5. The third-order valence-electron chi connectivity index (χ3n) is 25.5. The molecule has 0 radical (unpaired) electrons. The highest BCUT2D eigenvalue weighted by atomic mass is 32.2. The number of aromatic carboxylic acids is 1. The van der Waals surface area contributed by atoms with Gasteiger partial charge in [0.2, 0.25) is 43.7 Å². The Morgan fingerprint density at radius 1 is 0.504 bits per heavy atom. The van der Waals surface area contributed by atoms with Crippen molar-refractivity contribution in [1.29, 1.82) is 0 Å². The summed E-state index contributed by atoms with van der Waals surface area (Å²) in [6.07, 6.45) is 25.5. The van der Waals surface area contributed by atoms with Crippen LogP contribution in [0.3, 0.4) is 0 Å². The Labute approximate surface area is 850 Å². The maximum atomic E-state index is 12.1. The van der Waals surface area contributed by atoms with Crippen molar-refractivity contribution in [2.75, 3.05) is 111 Å². The maximum absolute atomic E-state index is 12.1. The fourth-order valence-corrected chi connectivity index (χ4v) is 18.5. The van der Waals surface area contributed by atoms with Crippen molar-refractivity contribution in [1.82, 2.24) is 67.4 Å². The number of amides is 4. The number of piperidine rings is 5. The van der Waals surface area contributed by atoms with E-state index in [0.29, 0.717) is 115 Å². The molecule has 12 rings (SSSR count). The first-order valence-electron chi connectivity index (χ1n) is 50.8. The molecule has 10 N–H and O–H groups in total. The Bertz CT molecular complexity index is 4890. The summed E-state index contributed by atoms with van der Waals surface area (Å²) in [6, 6.07) is 32.4. The summed E-state index contributed by atoms with van der Waals surface area (Å²) in [6.45, 7) is 63.7. The third-order valence-corrected chi connectivity index (χ3v) is 30.3. The number of alkyl carbamates (subject to hydrolysis) is 1. The number of carbonyl (C=O) groups excluding carboxylic acids is 4. The monoisotopic (exact) mass is 2020 g/mol. The van der Waals surface area contributed by atoms with Crippen LogP contribution in [0.2, 0.25) is 0 Å². The molecule has 0 aliphatic carbocycles. The number of pyridine rings is 1. The molecule has 4 aromatic heterocycles. The fourth-order valence-electron chi connectivity index (χ4n) is 15.5. The Morgan fingerprint density at radius 2 is 0.908 bits per heavy atom. The lowest BCUT2D eigenvalue weighted by Gasteiger charge is -2.34. The average molecular weight is 2020 g/mol. The molecule has 0 atom stereocenters. The van der Waals surface area contributed by atoms with Gasteiger partial charge >= 0.3 is 12.1 Å². The Hall–Kier alpha value is -9.06. The van der Waals surface area contributed by atoms with Crippen LogP contribution >= 0.6 is 0 Å². The van der Waals surface area contributed by atoms with E-state index >= 15 is 0 Å². The number of nitrogen functional groups attached to an aromatic ring is 1. The molecule has 0 unspecified atom stereocenters. The van der Waals surface area contributed by atoms with E-state index in [2.05, 4.69) is 202 Å². The van der Waals surface area contributed by atoms with Crippen molar-refractivity contribution in [3.63, 3.8) is 0 Å². The van der Waals surface area contributed by atoms with Crippen molar-refractivity contribution < 1.29 is 59.1 Å². The van der Waals surface area contributed by atoms with E-state index < -0.39 is 47.9 Å². The lowest BCUT2D eigenvalue weighted by molar-refractivity contribution is -0.131. The second-order valence-electron chi connectivity index (χ2n) is 41.6. The number of ether oxygens (including phenoxy) is 1. The summed E-state index contributed by atoms with van der Waals surface area (Å²) < 4.78 is 86.6. The van der Waals surface area contributed by atoms with Crippen molar-refractivity contribution in [3.05, 3.63) is 191 Å².